The zero-order valence-corrected chi connectivity index (χ0v) is 12.6. The topological polar surface area (TPSA) is 57.6 Å². The number of carbonyl (C=O) groups is 2. The molecule has 21 heavy (non-hydrogen) atoms. The van der Waals surface area contributed by atoms with Crippen LogP contribution in [0.1, 0.15) is 31.7 Å². The third kappa shape index (κ3) is 3.45. The Morgan fingerprint density at radius 3 is 2.57 bits per heavy atom. The average molecular weight is 308 g/mol. The lowest BCUT2D eigenvalue weighted by molar-refractivity contribution is -0.158. The monoisotopic (exact) mass is 307 g/mol. The summed E-state index contributed by atoms with van der Waals surface area (Å²) in [5, 5.41) is 10.0. The van der Waals surface area contributed by atoms with Crippen LogP contribution in [0.4, 0.5) is 0 Å². The normalized spacial score (nSPS) is 22.5. The summed E-state index contributed by atoms with van der Waals surface area (Å²) >= 11 is 5.80. The molecule has 1 aromatic rings. The van der Waals surface area contributed by atoms with Crippen LogP contribution < -0.4 is 0 Å². The SMILES string of the molecule is CC1(C(=O)O)CCCCN1C(=O)/C=C/c1ccc(Cl)cc1. The first-order valence-corrected chi connectivity index (χ1v) is 7.30. The highest BCUT2D eigenvalue weighted by Gasteiger charge is 2.43. The number of likely N-dealkylation sites (tertiary alicyclic amines) is 1. The number of hydrogen-bond donors (Lipinski definition) is 1. The van der Waals surface area contributed by atoms with Gasteiger partial charge in [0.05, 0.1) is 0 Å². The maximum atomic E-state index is 12.3. The molecule has 5 heteroatoms. The third-order valence-electron chi connectivity index (χ3n) is 3.91. The number of benzene rings is 1. The molecule has 1 aromatic carbocycles. The number of carboxylic acids is 1. The summed E-state index contributed by atoms with van der Waals surface area (Å²) in [6.45, 7) is 2.09. The lowest BCUT2D eigenvalue weighted by Gasteiger charge is -2.41. The molecule has 1 heterocycles. The number of halogens is 1. The Morgan fingerprint density at radius 2 is 1.95 bits per heavy atom. The first-order chi connectivity index (χ1) is 9.93. The van der Waals surface area contributed by atoms with Crippen molar-refractivity contribution in [1.29, 1.82) is 0 Å². The molecule has 0 radical (unpaired) electrons. The number of rotatable bonds is 3. The fourth-order valence-electron chi connectivity index (χ4n) is 2.53. The van der Waals surface area contributed by atoms with E-state index in [1.807, 2.05) is 0 Å². The number of hydrogen-bond acceptors (Lipinski definition) is 2. The van der Waals surface area contributed by atoms with Crippen molar-refractivity contribution in [3.63, 3.8) is 0 Å². The van der Waals surface area contributed by atoms with Crippen molar-refractivity contribution in [3.8, 4) is 0 Å². The van der Waals surface area contributed by atoms with Gasteiger partial charge in [-0.1, -0.05) is 23.7 Å². The van der Waals surface area contributed by atoms with Gasteiger partial charge in [0.2, 0.25) is 5.91 Å². The molecule has 4 nitrogen and oxygen atoms in total. The molecule has 1 unspecified atom stereocenters. The predicted molar refractivity (Wildman–Crippen MR) is 82.1 cm³/mol. The minimum absolute atomic E-state index is 0.269. The van der Waals surface area contributed by atoms with Crippen LogP contribution in [0.2, 0.25) is 5.02 Å². The van der Waals surface area contributed by atoms with Crippen molar-refractivity contribution >= 4 is 29.6 Å². The molecule has 1 N–H and O–H groups in total. The number of nitrogens with zero attached hydrogens (tertiary/aromatic N) is 1. The van der Waals surface area contributed by atoms with Crippen LogP contribution in [0.3, 0.4) is 0 Å². The molecule has 0 aliphatic carbocycles. The van der Waals surface area contributed by atoms with Crippen molar-refractivity contribution in [3.05, 3.63) is 40.9 Å². The van der Waals surface area contributed by atoms with E-state index >= 15 is 0 Å². The smallest absolute Gasteiger partial charge is 0.329 e. The second-order valence-electron chi connectivity index (χ2n) is 5.41. The van der Waals surface area contributed by atoms with Gasteiger partial charge < -0.3 is 10.0 Å². The van der Waals surface area contributed by atoms with Gasteiger partial charge in [-0.25, -0.2) is 4.79 Å². The van der Waals surface area contributed by atoms with Crippen LogP contribution in [0, 0.1) is 0 Å². The van der Waals surface area contributed by atoms with E-state index in [0.717, 1.165) is 18.4 Å². The zero-order chi connectivity index (χ0) is 15.5. The molecular weight excluding hydrogens is 290 g/mol. The van der Waals surface area contributed by atoms with Crippen molar-refractivity contribution < 1.29 is 14.7 Å². The molecule has 1 saturated heterocycles. The van der Waals surface area contributed by atoms with Gasteiger partial charge in [-0.05, 0) is 50.0 Å². The summed E-state index contributed by atoms with van der Waals surface area (Å²) in [6, 6.07) is 7.10. The second-order valence-corrected chi connectivity index (χ2v) is 5.85. The predicted octanol–water partition coefficient (Wildman–Crippen LogP) is 3.21. The van der Waals surface area contributed by atoms with Gasteiger partial charge in [0, 0.05) is 17.6 Å². The lowest BCUT2D eigenvalue weighted by Crippen LogP contribution is -2.57. The summed E-state index contributed by atoms with van der Waals surface area (Å²) in [7, 11) is 0. The van der Waals surface area contributed by atoms with Crippen LogP contribution in [0.15, 0.2) is 30.3 Å². The van der Waals surface area contributed by atoms with Crippen LogP contribution in [-0.2, 0) is 9.59 Å². The lowest BCUT2D eigenvalue weighted by atomic mass is 9.88. The van der Waals surface area contributed by atoms with Crippen molar-refractivity contribution in [2.75, 3.05) is 6.54 Å². The summed E-state index contributed by atoms with van der Waals surface area (Å²) < 4.78 is 0. The molecule has 2 rings (SSSR count). The van der Waals surface area contributed by atoms with Crippen molar-refractivity contribution in [2.24, 2.45) is 0 Å². The van der Waals surface area contributed by atoms with Gasteiger partial charge in [0.25, 0.3) is 0 Å². The standard InChI is InChI=1S/C16H18ClNO3/c1-16(15(20)21)10-2-3-11-18(16)14(19)9-6-12-4-7-13(17)8-5-12/h4-9H,2-3,10-11H2,1H3,(H,20,21)/b9-6+. The van der Waals surface area contributed by atoms with E-state index in [2.05, 4.69) is 0 Å². The number of carbonyl (C=O) groups excluding carboxylic acids is 1. The van der Waals surface area contributed by atoms with Gasteiger partial charge in [0.1, 0.15) is 5.54 Å². The zero-order valence-electron chi connectivity index (χ0n) is 11.9. The van der Waals surface area contributed by atoms with Gasteiger partial charge in [-0.3, -0.25) is 4.79 Å². The Bertz CT molecular complexity index is 567. The molecular formula is C16H18ClNO3. The molecule has 0 aromatic heterocycles. The van der Waals surface area contributed by atoms with Gasteiger partial charge in [-0.2, -0.15) is 0 Å². The van der Waals surface area contributed by atoms with E-state index in [-0.39, 0.29) is 5.91 Å². The van der Waals surface area contributed by atoms with Crippen molar-refractivity contribution in [1.82, 2.24) is 4.90 Å². The van der Waals surface area contributed by atoms with Gasteiger partial charge in [0.15, 0.2) is 0 Å². The Morgan fingerprint density at radius 1 is 1.29 bits per heavy atom. The molecule has 1 amide bonds. The van der Waals surface area contributed by atoms with Crippen LogP contribution in [0.25, 0.3) is 6.08 Å². The molecule has 1 aliphatic heterocycles. The highest BCUT2D eigenvalue weighted by atomic mass is 35.5. The highest BCUT2D eigenvalue weighted by molar-refractivity contribution is 6.30. The van der Waals surface area contributed by atoms with Gasteiger partial charge >= 0.3 is 5.97 Å². The summed E-state index contributed by atoms with van der Waals surface area (Å²) in [5.41, 5.74) is -0.263. The summed E-state index contributed by atoms with van der Waals surface area (Å²) in [4.78, 5) is 25.2. The largest absolute Gasteiger partial charge is 0.480 e. The maximum Gasteiger partial charge on any atom is 0.329 e. The second kappa shape index (κ2) is 6.31. The maximum absolute atomic E-state index is 12.3. The third-order valence-corrected chi connectivity index (χ3v) is 4.16. The molecule has 0 saturated carbocycles. The van der Waals surface area contributed by atoms with Crippen LogP contribution in [0.5, 0.6) is 0 Å². The van der Waals surface area contributed by atoms with E-state index in [1.54, 1.807) is 37.3 Å². The average Bonchev–Trinajstić information content (AvgIpc) is 2.46. The molecule has 112 valence electrons. The molecule has 1 fully saturated rings. The van der Waals surface area contributed by atoms with E-state index in [4.69, 9.17) is 11.6 Å². The molecule has 1 aliphatic rings. The first kappa shape index (κ1) is 15.6. The first-order valence-electron chi connectivity index (χ1n) is 6.92. The number of piperidine rings is 1. The summed E-state index contributed by atoms with van der Waals surface area (Å²) in [6.07, 6.45) is 5.25. The minimum Gasteiger partial charge on any atom is -0.480 e. The van der Waals surface area contributed by atoms with Gasteiger partial charge in [-0.15, -0.1) is 0 Å². The van der Waals surface area contributed by atoms with Crippen LogP contribution >= 0.6 is 11.6 Å². The Kier molecular flexibility index (Phi) is 4.68. The number of carboxylic acid groups (broad SMARTS) is 1. The van der Waals surface area contributed by atoms with Crippen LogP contribution in [-0.4, -0.2) is 34.0 Å². The number of aliphatic carboxylic acids is 1. The quantitative estimate of drug-likeness (QED) is 0.872. The Balaban J connectivity index is 2.14. The van der Waals surface area contributed by atoms with E-state index in [1.165, 1.54) is 11.0 Å². The number of amides is 1. The highest BCUT2D eigenvalue weighted by Crippen LogP contribution is 2.28. The van der Waals surface area contributed by atoms with E-state index in [0.29, 0.717) is 18.0 Å². The van der Waals surface area contributed by atoms with E-state index in [9.17, 15) is 14.7 Å². The molecule has 0 spiro atoms. The van der Waals surface area contributed by atoms with E-state index < -0.39 is 11.5 Å². The Labute approximate surface area is 129 Å². The molecule has 1 atom stereocenters. The minimum atomic E-state index is -1.11. The molecule has 0 bridgehead atoms. The fourth-order valence-corrected chi connectivity index (χ4v) is 2.65. The van der Waals surface area contributed by atoms with Crippen molar-refractivity contribution in [2.45, 2.75) is 31.7 Å². The Hall–Kier alpha value is -1.81. The fraction of sp³-hybridized carbons (Fsp3) is 0.375. The summed E-state index contributed by atoms with van der Waals surface area (Å²) in [5.74, 6) is -1.22.